The molecule has 0 fully saturated rings. The molecule has 0 aliphatic rings. The van der Waals surface area contributed by atoms with Crippen LogP contribution in [0.4, 0.5) is 0 Å². The van der Waals surface area contributed by atoms with Gasteiger partial charge in [0.05, 0.1) is 6.54 Å². The fraction of sp³-hybridized carbons (Fsp3) is 0.471. The average Bonchev–Trinajstić information content (AvgIpc) is 2.60. The first-order valence-corrected chi connectivity index (χ1v) is 8.24. The molecule has 0 saturated carbocycles. The predicted octanol–water partition coefficient (Wildman–Crippen LogP) is -0.629. The molecule has 2 unspecified atom stereocenters. The molecule has 0 aliphatic heterocycles. The Bertz CT molecular complexity index is 565. The van der Waals surface area contributed by atoms with Gasteiger partial charge in [-0.15, -0.1) is 0 Å². The topological polar surface area (TPSA) is 148 Å². The molecule has 138 valence electrons. The van der Waals surface area contributed by atoms with E-state index in [-0.39, 0.29) is 13.0 Å². The highest BCUT2D eigenvalue weighted by molar-refractivity contribution is 5.90. The van der Waals surface area contributed by atoms with Gasteiger partial charge >= 0.3 is 5.97 Å². The average molecular weight is 350 g/mol. The molecule has 1 aromatic rings. The highest BCUT2D eigenvalue weighted by atomic mass is 16.4. The van der Waals surface area contributed by atoms with Crippen molar-refractivity contribution in [3.05, 3.63) is 35.9 Å². The number of carboxylic acid groups (broad SMARTS) is 1. The summed E-state index contributed by atoms with van der Waals surface area (Å²) in [5.41, 5.74) is 11.5. The van der Waals surface area contributed by atoms with Crippen LogP contribution < -0.4 is 22.1 Å². The number of aliphatic carboxylic acids is 1. The molecule has 2 amide bonds. The third-order valence-electron chi connectivity index (χ3n) is 3.68. The summed E-state index contributed by atoms with van der Waals surface area (Å²) in [5.74, 6) is -2.15. The van der Waals surface area contributed by atoms with Crippen molar-refractivity contribution in [1.82, 2.24) is 10.6 Å². The first-order valence-electron chi connectivity index (χ1n) is 8.24. The zero-order valence-electron chi connectivity index (χ0n) is 14.1. The summed E-state index contributed by atoms with van der Waals surface area (Å²) >= 11 is 0. The molecular weight excluding hydrogens is 324 g/mol. The van der Waals surface area contributed by atoms with Gasteiger partial charge in [-0.05, 0) is 31.4 Å². The molecule has 0 radical (unpaired) electrons. The zero-order chi connectivity index (χ0) is 18.7. The van der Waals surface area contributed by atoms with Crippen LogP contribution in [0.5, 0.6) is 0 Å². The van der Waals surface area contributed by atoms with Gasteiger partial charge in [-0.1, -0.05) is 30.3 Å². The number of hydrogen-bond donors (Lipinski definition) is 5. The fourth-order valence-electron chi connectivity index (χ4n) is 2.34. The summed E-state index contributed by atoms with van der Waals surface area (Å²) in [6.07, 6.45) is 1.86. The van der Waals surface area contributed by atoms with E-state index in [0.717, 1.165) is 5.56 Å². The Balaban J connectivity index is 2.74. The van der Waals surface area contributed by atoms with Crippen LogP contribution in [0.1, 0.15) is 24.8 Å². The molecule has 1 aromatic carbocycles. The van der Waals surface area contributed by atoms with Gasteiger partial charge in [0.1, 0.15) is 12.1 Å². The number of benzene rings is 1. The van der Waals surface area contributed by atoms with E-state index in [9.17, 15) is 19.5 Å². The second-order valence-electron chi connectivity index (χ2n) is 5.70. The number of carbonyl (C=O) groups excluding carboxylic acids is 2. The minimum Gasteiger partial charge on any atom is -0.480 e. The van der Waals surface area contributed by atoms with Gasteiger partial charge in [-0.25, -0.2) is 4.79 Å². The number of carbonyl (C=O) groups is 3. The predicted molar refractivity (Wildman–Crippen MR) is 93.6 cm³/mol. The van der Waals surface area contributed by atoms with E-state index in [1.165, 1.54) is 0 Å². The van der Waals surface area contributed by atoms with E-state index in [2.05, 4.69) is 10.6 Å². The van der Waals surface area contributed by atoms with Gasteiger partial charge in [0, 0.05) is 6.42 Å². The number of nitrogens with one attached hydrogen (secondary N) is 2. The number of hydrogen-bond acceptors (Lipinski definition) is 5. The van der Waals surface area contributed by atoms with Crippen LogP contribution in [0.25, 0.3) is 0 Å². The smallest absolute Gasteiger partial charge is 0.326 e. The van der Waals surface area contributed by atoms with Gasteiger partial charge in [0.15, 0.2) is 0 Å². The van der Waals surface area contributed by atoms with Crippen molar-refractivity contribution in [2.75, 3.05) is 13.1 Å². The molecule has 1 rings (SSSR count). The van der Waals surface area contributed by atoms with E-state index in [1.54, 1.807) is 24.3 Å². The van der Waals surface area contributed by atoms with Crippen LogP contribution in [0.3, 0.4) is 0 Å². The monoisotopic (exact) mass is 350 g/mol. The van der Waals surface area contributed by atoms with Crippen LogP contribution in [0.15, 0.2) is 30.3 Å². The second kappa shape index (κ2) is 11.2. The molecule has 0 aliphatic carbocycles. The number of carboxylic acids is 1. The number of rotatable bonds is 11. The number of amides is 2. The van der Waals surface area contributed by atoms with E-state index in [4.69, 9.17) is 11.5 Å². The molecular formula is C17H26N4O4. The molecule has 0 aromatic heterocycles. The molecule has 8 nitrogen and oxygen atoms in total. The van der Waals surface area contributed by atoms with Crippen LogP contribution in [-0.4, -0.2) is 48.1 Å². The molecule has 0 spiro atoms. The van der Waals surface area contributed by atoms with Crippen molar-refractivity contribution in [2.24, 2.45) is 11.5 Å². The quantitative estimate of drug-likeness (QED) is 0.336. The van der Waals surface area contributed by atoms with Crippen molar-refractivity contribution >= 4 is 17.8 Å². The minimum atomic E-state index is -1.14. The maximum atomic E-state index is 12.4. The Kier molecular flexibility index (Phi) is 9.20. The SMILES string of the molecule is NCCCCC(NC(=O)CN)C(=O)NC(Cc1ccccc1)C(=O)O. The Hall–Kier alpha value is -2.45. The Morgan fingerprint density at radius 2 is 1.68 bits per heavy atom. The van der Waals surface area contributed by atoms with Gasteiger partial charge < -0.3 is 27.2 Å². The second-order valence-corrected chi connectivity index (χ2v) is 5.70. The standard InChI is InChI=1S/C17H26N4O4/c18-9-5-4-8-13(20-15(22)11-19)16(23)21-14(17(24)25)10-12-6-2-1-3-7-12/h1-3,6-7,13-14H,4-5,8-11,18-19H2,(H,20,22)(H,21,23)(H,24,25). The number of nitrogens with two attached hydrogens (primary N) is 2. The maximum absolute atomic E-state index is 12.4. The lowest BCUT2D eigenvalue weighted by atomic mass is 10.0. The van der Waals surface area contributed by atoms with Crippen molar-refractivity contribution in [1.29, 1.82) is 0 Å². The summed E-state index contributed by atoms with van der Waals surface area (Å²) < 4.78 is 0. The number of unbranched alkanes of at least 4 members (excludes halogenated alkanes) is 1. The van der Waals surface area contributed by atoms with Crippen LogP contribution in [0.2, 0.25) is 0 Å². The molecule has 0 heterocycles. The highest BCUT2D eigenvalue weighted by Gasteiger charge is 2.26. The third-order valence-corrected chi connectivity index (χ3v) is 3.68. The molecule has 0 bridgehead atoms. The van der Waals surface area contributed by atoms with E-state index < -0.39 is 29.9 Å². The zero-order valence-corrected chi connectivity index (χ0v) is 14.1. The molecule has 7 N–H and O–H groups in total. The Morgan fingerprint density at radius 1 is 1.00 bits per heavy atom. The van der Waals surface area contributed by atoms with Crippen molar-refractivity contribution in [3.63, 3.8) is 0 Å². The first-order chi connectivity index (χ1) is 12.0. The molecule has 25 heavy (non-hydrogen) atoms. The molecule has 0 saturated heterocycles. The summed E-state index contributed by atoms with van der Waals surface area (Å²) in [5, 5.41) is 14.4. The minimum absolute atomic E-state index is 0.155. The van der Waals surface area contributed by atoms with Crippen molar-refractivity contribution in [3.8, 4) is 0 Å². The summed E-state index contributed by atoms with van der Waals surface area (Å²) in [7, 11) is 0. The van der Waals surface area contributed by atoms with Crippen LogP contribution in [-0.2, 0) is 20.8 Å². The van der Waals surface area contributed by atoms with Gasteiger partial charge in [-0.2, -0.15) is 0 Å². The summed E-state index contributed by atoms with van der Waals surface area (Å²) in [6, 6.07) is 7.09. The largest absolute Gasteiger partial charge is 0.480 e. The normalized spacial score (nSPS) is 12.9. The van der Waals surface area contributed by atoms with Crippen molar-refractivity contribution in [2.45, 2.75) is 37.8 Å². The van der Waals surface area contributed by atoms with Crippen molar-refractivity contribution < 1.29 is 19.5 Å². The van der Waals surface area contributed by atoms with Gasteiger partial charge in [0.2, 0.25) is 11.8 Å². The van der Waals surface area contributed by atoms with Crippen LogP contribution in [0, 0.1) is 0 Å². The lowest BCUT2D eigenvalue weighted by Crippen LogP contribution is -2.53. The summed E-state index contributed by atoms with van der Waals surface area (Å²) in [6.45, 7) is 0.234. The molecule has 2 atom stereocenters. The summed E-state index contributed by atoms with van der Waals surface area (Å²) in [4.78, 5) is 35.4. The third kappa shape index (κ3) is 7.77. The lowest BCUT2D eigenvalue weighted by Gasteiger charge is -2.21. The highest BCUT2D eigenvalue weighted by Crippen LogP contribution is 2.06. The van der Waals surface area contributed by atoms with Crippen LogP contribution >= 0.6 is 0 Å². The lowest BCUT2D eigenvalue weighted by molar-refractivity contribution is -0.142. The maximum Gasteiger partial charge on any atom is 0.326 e. The van der Waals surface area contributed by atoms with Gasteiger partial charge in [-0.3, -0.25) is 9.59 Å². The van der Waals surface area contributed by atoms with E-state index >= 15 is 0 Å². The Labute approximate surface area is 147 Å². The molecule has 8 heteroatoms. The Morgan fingerprint density at radius 3 is 2.24 bits per heavy atom. The fourth-order valence-corrected chi connectivity index (χ4v) is 2.34. The first kappa shape index (κ1) is 20.6. The van der Waals surface area contributed by atoms with E-state index in [1.807, 2.05) is 6.07 Å². The van der Waals surface area contributed by atoms with Gasteiger partial charge in [0.25, 0.3) is 0 Å². The van der Waals surface area contributed by atoms with E-state index in [0.29, 0.717) is 25.8 Å².